The lowest BCUT2D eigenvalue weighted by Crippen LogP contribution is -2.32. The average molecular weight is 440 g/mol. The Morgan fingerprint density at radius 3 is 2.39 bits per heavy atom. The van der Waals surface area contributed by atoms with Crippen molar-refractivity contribution in [2.45, 2.75) is 26.9 Å². The SMILES string of the molecule is CCOC(=O)Cn1nc(-c2ccccc2)c(C(C)=O)c(NCc2ccc(Cl)cc2)c1=O. The highest BCUT2D eigenvalue weighted by atomic mass is 35.5. The molecule has 0 aliphatic carbocycles. The van der Waals surface area contributed by atoms with Crippen LogP contribution in [-0.4, -0.2) is 28.1 Å². The number of esters is 1. The van der Waals surface area contributed by atoms with Crippen molar-refractivity contribution in [3.8, 4) is 11.3 Å². The lowest BCUT2D eigenvalue weighted by atomic mass is 10.0. The molecule has 0 bridgehead atoms. The summed E-state index contributed by atoms with van der Waals surface area (Å²) in [5.41, 5.74) is 1.52. The molecule has 0 spiro atoms. The van der Waals surface area contributed by atoms with E-state index in [4.69, 9.17) is 16.3 Å². The van der Waals surface area contributed by atoms with E-state index in [2.05, 4.69) is 10.4 Å². The van der Waals surface area contributed by atoms with Crippen molar-refractivity contribution in [1.82, 2.24) is 9.78 Å². The number of rotatable bonds is 8. The predicted octanol–water partition coefficient (Wildman–Crippen LogP) is 3.94. The number of hydrogen-bond donors (Lipinski definition) is 1. The molecule has 1 heterocycles. The normalized spacial score (nSPS) is 10.5. The van der Waals surface area contributed by atoms with Gasteiger partial charge in [-0.1, -0.05) is 54.1 Å². The van der Waals surface area contributed by atoms with Crippen LogP contribution in [-0.2, 0) is 22.6 Å². The Balaban J connectivity index is 2.12. The minimum absolute atomic E-state index is 0.0839. The number of anilines is 1. The van der Waals surface area contributed by atoms with Crippen LogP contribution < -0.4 is 10.9 Å². The zero-order valence-corrected chi connectivity index (χ0v) is 18.0. The van der Waals surface area contributed by atoms with Gasteiger partial charge in [0.1, 0.15) is 17.9 Å². The van der Waals surface area contributed by atoms with Crippen LogP contribution in [0.1, 0.15) is 29.8 Å². The van der Waals surface area contributed by atoms with Crippen molar-refractivity contribution in [1.29, 1.82) is 0 Å². The van der Waals surface area contributed by atoms with Crippen LogP contribution in [0, 0.1) is 0 Å². The van der Waals surface area contributed by atoms with Crippen LogP contribution in [0.2, 0.25) is 5.02 Å². The number of hydrogen-bond acceptors (Lipinski definition) is 6. The highest BCUT2D eigenvalue weighted by Crippen LogP contribution is 2.26. The van der Waals surface area contributed by atoms with E-state index in [0.717, 1.165) is 10.2 Å². The molecular weight excluding hydrogens is 418 g/mol. The Kier molecular flexibility index (Phi) is 7.20. The Hall–Kier alpha value is -3.45. The van der Waals surface area contributed by atoms with Gasteiger partial charge in [-0.15, -0.1) is 0 Å². The summed E-state index contributed by atoms with van der Waals surface area (Å²) in [6.45, 7) is 3.17. The van der Waals surface area contributed by atoms with Crippen LogP contribution >= 0.6 is 11.6 Å². The van der Waals surface area contributed by atoms with Crippen molar-refractivity contribution >= 4 is 29.0 Å². The van der Waals surface area contributed by atoms with Gasteiger partial charge >= 0.3 is 5.97 Å². The van der Waals surface area contributed by atoms with Crippen molar-refractivity contribution < 1.29 is 14.3 Å². The van der Waals surface area contributed by atoms with E-state index in [9.17, 15) is 14.4 Å². The molecule has 7 nitrogen and oxygen atoms in total. The largest absolute Gasteiger partial charge is 0.465 e. The van der Waals surface area contributed by atoms with E-state index in [-0.39, 0.29) is 36.7 Å². The fourth-order valence-corrected chi connectivity index (χ4v) is 3.23. The van der Waals surface area contributed by atoms with Gasteiger partial charge in [-0.05, 0) is 31.5 Å². The van der Waals surface area contributed by atoms with Gasteiger partial charge in [0.2, 0.25) is 0 Å². The van der Waals surface area contributed by atoms with Gasteiger partial charge in [0.05, 0.1) is 12.2 Å². The third-order valence-corrected chi connectivity index (χ3v) is 4.77. The van der Waals surface area contributed by atoms with Crippen LogP contribution in [0.3, 0.4) is 0 Å². The molecule has 0 saturated heterocycles. The molecule has 0 aliphatic heterocycles. The predicted molar refractivity (Wildman–Crippen MR) is 119 cm³/mol. The molecule has 31 heavy (non-hydrogen) atoms. The van der Waals surface area contributed by atoms with Crippen molar-refractivity contribution in [3.05, 3.63) is 81.1 Å². The van der Waals surface area contributed by atoms with Gasteiger partial charge in [0.15, 0.2) is 5.78 Å². The monoisotopic (exact) mass is 439 g/mol. The molecule has 8 heteroatoms. The third kappa shape index (κ3) is 5.38. The summed E-state index contributed by atoms with van der Waals surface area (Å²) < 4.78 is 5.99. The third-order valence-electron chi connectivity index (χ3n) is 4.52. The van der Waals surface area contributed by atoms with Crippen molar-refractivity contribution in [2.24, 2.45) is 0 Å². The summed E-state index contributed by atoms with van der Waals surface area (Å²) in [6, 6.07) is 16.2. The number of nitrogens with one attached hydrogen (secondary N) is 1. The van der Waals surface area contributed by atoms with E-state index >= 15 is 0 Å². The molecule has 1 N–H and O–H groups in total. The number of carbonyl (C=O) groups excluding carboxylic acids is 2. The first-order valence-corrected chi connectivity index (χ1v) is 10.1. The van der Waals surface area contributed by atoms with Crippen LogP contribution in [0.5, 0.6) is 0 Å². The first-order chi connectivity index (χ1) is 14.9. The second-order valence-electron chi connectivity index (χ2n) is 6.77. The second-order valence-corrected chi connectivity index (χ2v) is 7.21. The molecule has 2 aromatic carbocycles. The Labute approximate surface area is 184 Å². The number of carbonyl (C=O) groups is 2. The highest BCUT2D eigenvalue weighted by Gasteiger charge is 2.23. The first-order valence-electron chi connectivity index (χ1n) is 9.76. The molecule has 160 valence electrons. The Morgan fingerprint density at radius 2 is 1.77 bits per heavy atom. The summed E-state index contributed by atoms with van der Waals surface area (Å²) >= 11 is 5.93. The molecule has 1 aromatic heterocycles. The molecule has 0 radical (unpaired) electrons. The van der Waals surface area contributed by atoms with Gasteiger partial charge in [-0.3, -0.25) is 14.4 Å². The molecule has 0 saturated carbocycles. The summed E-state index contributed by atoms with van der Waals surface area (Å²) in [5, 5.41) is 8.00. The van der Waals surface area contributed by atoms with Crippen molar-refractivity contribution in [2.75, 3.05) is 11.9 Å². The maximum absolute atomic E-state index is 13.1. The molecule has 0 fully saturated rings. The van der Waals surface area contributed by atoms with Gasteiger partial charge in [0.25, 0.3) is 5.56 Å². The topological polar surface area (TPSA) is 90.3 Å². The molecule has 3 aromatic rings. The molecule has 0 aliphatic rings. The van der Waals surface area contributed by atoms with E-state index in [1.165, 1.54) is 6.92 Å². The van der Waals surface area contributed by atoms with Crippen LogP contribution in [0.25, 0.3) is 11.3 Å². The molecule has 0 unspecified atom stereocenters. The summed E-state index contributed by atoms with van der Waals surface area (Å²) in [5.74, 6) is -0.902. The fourth-order valence-electron chi connectivity index (χ4n) is 3.10. The summed E-state index contributed by atoms with van der Waals surface area (Å²) in [7, 11) is 0. The number of ketones is 1. The Bertz CT molecular complexity index is 1140. The van der Waals surface area contributed by atoms with E-state index in [0.29, 0.717) is 16.3 Å². The van der Waals surface area contributed by atoms with Crippen LogP contribution in [0.4, 0.5) is 5.69 Å². The molecule has 0 atom stereocenters. The molecule has 0 amide bonds. The number of ether oxygens (including phenoxy) is 1. The Morgan fingerprint density at radius 1 is 1.10 bits per heavy atom. The summed E-state index contributed by atoms with van der Waals surface area (Å²) in [6.07, 6.45) is 0. The maximum Gasteiger partial charge on any atom is 0.327 e. The van der Waals surface area contributed by atoms with Gasteiger partial charge in [-0.25, -0.2) is 4.68 Å². The highest BCUT2D eigenvalue weighted by molar-refractivity contribution is 6.30. The number of nitrogens with zero attached hydrogens (tertiary/aromatic N) is 2. The second kappa shape index (κ2) is 10.0. The maximum atomic E-state index is 13.1. The molecular formula is C23H22ClN3O4. The minimum Gasteiger partial charge on any atom is -0.465 e. The fraction of sp³-hybridized carbons (Fsp3) is 0.217. The smallest absolute Gasteiger partial charge is 0.327 e. The van der Waals surface area contributed by atoms with Gasteiger partial charge in [-0.2, -0.15) is 5.10 Å². The standard InChI is InChI=1S/C23H22ClN3O4/c1-3-31-19(29)14-27-23(30)22(25-13-16-9-11-18(24)12-10-16)20(15(2)28)21(26-27)17-7-5-4-6-8-17/h4-12,25H,3,13-14H2,1-2H3. The minimum atomic E-state index is -0.588. The van der Waals surface area contributed by atoms with E-state index in [1.807, 2.05) is 30.3 Å². The summed E-state index contributed by atoms with van der Waals surface area (Å²) in [4.78, 5) is 37.7. The number of benzene rings is 2. The number of aromatic nitrogens is 2. The van der Waals surface area contributed by atoms with Crippen molar-refractivity contribution in [3.63, 3.8) is 0 Å². The lowest BCUT2D eigenvalue weighted by molar-refractivity contribution is -0.144. The quantitative estimate of drug-likeness (QED) is 0.422. The van der Waals surface area contributed by atoms with Crippen LogP contribution in [0.15, 0.2) is 59.4 Å². The average Bonchev–Trinajstić information content (AvgIpc) is 2.75. The number of halogens is 1. The van der Waals surface area contributed by atoms with E-state index < -0.39 is 11.5 Å². The zero-order chi connectivity index (χ0) is 22.4. The number of Topliss-reactive ketones (excluding diaryl/α,β-unsaturated/α-hetero) is 1. The first kappa shape index (κ1) is 22.2. The van der Waals surface area contributed by atoms with Gasteiger partial charge < -0.3 is 10.1 Å². The lowest BCUT2D eigenvalue weighted by Gasteiger charge is -2.16. The van der Waals surface area contributed by atoms with Gasteiger partial charge in [0, 0.05) is 17.1 Å². The zero-order valence-electron chi connectivity index (χ0n) is 17.2. The molecule has 3 rings (SSSR count). The van der Waals surface area contributed by atoms with E-state index in [1.54, 1.807) is 31.2 Å².